The van der Waals surface area contributed by atoms with Crippen LogP contribution in [0, 0.1) is 30.4 Å². The molecule has 8 heteroatoms. The molecule has 0 unspecified atom stereocenters. The van der Waals surface area contributed by atoms with Crippen LogP contribution in [0.2, 0.25) is 0 Å². The Balaban J connectivity index is 1.48. The maximum Gasteiger partial charge on any atom is 0.293 e. The van der Waals surface area contributed by atoms with Gasteiger partial charge in [0, 0.05) is 12.6 Å². The zero-order valence-corrected chi connectivity index (χ0v) is 14.6. The minimum absolute atomic E-state index is 0.00380. The molecule has 0 aromatic carbocycles. The number of hydrogen-bond acceptors (Lipinski definition) is 4. The van der Waals surface area contributed by atoms with E-state index in [1.807, 2.05) is 0 Å². The van der Waals surface area contributed by atoms with Gasteiger partial charge in [-0.3, -0.25) is 9.36 Å². The Kier molecular flexibility index (Phi) is 5.51. The van der Waals surface area contributed by atoms with Crippen molar-refractivity contribution < 1.29 is 4.79 Å². The normalized spacial score (nSPS) is 24.8. The van der Waals surface area contributed by atoms with Crippen LogP contribution in [0.5, 0.6) is 0 Å². The van der Waals surface area contributed by atoms with E-state index in [2.05, 4.69) is 26.1 Å². The molecule has 1 aliphatic heterocycles. The summed E-state index contributed by atoms with van der Waals surface area (Å²) >= 11 is 0. The van der Waals surface area contributed by atoms with Crippen LogP contribution in [0.4, 0.5) is 11.6 Å². The number of nitrogens with one attached hydrogen (secondary N) is 1. The summed E-state index contributed by atoms with van der Waals surface area (Å²) in [5.74, 6) is 0.873. The van der Waals surface area contributed by atoms with Crippen molar-refractivity contribution in [3.63, 3.8) is 0 Å². The van der Waals surface area contributed by atoms with E-state index in [1.165, 1.54) is 0 Å². The zero-order valence-electron chi connectivity index (χ0n) is 14.6. The minimum Gasteiger partial charge on any atom is -0.373 e. The van der Waals surface area contributed by atoms with Gasteiger partial charge in [-0.15, -0.1) is 0 Å². The fourth-order valence-electron chi connectivity index (χ4n) is 3.93. The van der Waals surface area contributed by atoms with Gasteiger partial charge in [-0.2, -0.15) is 5.26 Å². The molecule has 2 fully saturated rings. The fraction of sp³-hybridized carbons (Fsp3) is 0.611. The molecule has 1 aliphatic carbocycles. The van der Waals surface area contributed by atoms with Gasteiger partial charge in [0.05, 0.1) is 19.2 Å². The molecule has 0 bridgehead atoms. The number of carbonyl (C=O) groups excluding carboxylic acids is 1. The summed E-state index contributed by atoms with van der Waals surface area (Å²) in [6.07, 6.45) is 6.17. The highest BCUT2D eigenvalue weighted by atomic mass is 16.2. The average Bonchev–Trinajstić information content (AvgIpc) is 3.38. The SMILES string of the molecule is [C-]#[N+]c1ncn(C[C@H]2CC[C@@H](NCC(=O)N3CCC[C@H]3C#N)C2)c1[N+]#[C-]. The van der Waals surface area contributed by atoms with Gasteiger partial charge in [0.2, 0.25) is 5.91 Å². The van der Waals surface area contributed by atoms with Gasteiger partial charge in [-0.1, -0.05) is 18.1 Å². The maximum absolute atomic E-state index is 12.3. The highest BCUT2D eigenvalue weighted by Gasteiger charge is 2.31. The van der Waals surface area contributed by atoms with Gasteiger partial charge in [0.15, 0.2) is 0 Å². The molecule has 3 atom stereocenters. The number of likely N-dealkylation sites (tertiary alicyclic amines) is 1. The Labute approximate surface area is 153 Å². The van der Waals surface area contributed by atoms with E-state index >= 15 is 0 Å². The molecule has 8 nitrogen and oxygen atoms in total. The number of hydrogen-bond donors (Lipinski definition) is 1. The molecule has 1 saturated carbocycles. The van der Waals surface area contributed by atoms with Crippen molar-refractivity contribution in [3.05, 3.63) is 29.2 Å². The summed E-state index contributed by atoms with van der Waals surface area (Å²) in [6, 6.07) is 2.20. The monoisotopic (exact) mass is 351 g/mol. The predicted octanol–water partition coefficient (Wildman–Crippen LogP) is 2.26. The molecule has 2 aliphatic rings. The van der Waals surface area contributed by atoms with E-state index in [0.717, 1.165) is 32.1 Å². The van der Waals surface area contributed by atoms with Crippen LogP contribution in [-0.4, -0.2) is 45.5 Å². The van der Waals surface area contributed by atoms with Gasteiger partial charge in [-0.25, -0.2) is 0 Å². The van der Waals surface area contributed by atoms with Crippen LogP contribution in [0.3, 0.4) is 0 Å². The summed E-state index contributed by atoms with van der Waals surface area (Å²) in [7, 11) is 0. The molecule has 0 spiro atoms. The Morgan fingerprint density at radius 2 is 2.23 bits per heavy atom. The lowest BCUT2D eigenvalue weighted by Gasteiger charge is -2.21. The first-order valence-electron chi connectivity index (χ1n) is 8.88. The van der Waals surface area contributed by atoms with Crippen LogP contribution in [0.15, 0.2) is 6.33 Å². The Morgan fingerprint density at radius 3 is 2.96 bits per heavy atom. The third-order valence-corrected chi connectivity index (χ3v) is 5.26. The fourth-order valence-corrected chi connectivity index (χ4v) is 3.93. The molecule has 3 rings (SSSR count). The largest absolute Gasteiger partial charge is 0.373 e. The molecule has 1 N–H and O–H groups in total. The van der Waals surface area contributed by atoms with Gasteiger partial charge in [0.25, 0.3) is 18.0 Å². The number of nitrogens with zero attached hydrogens (tertiary/aromatic N) is 6. The molecular weight excluding hydrogens is 330 g/mol. The topological polar surface area (TPSA) is 82.7 Å². The average molecular weight is 351 g/mol. The van der Waals surface area contributed by atoms with E-state index in [4.69, 9.17) is 18.4 Å². The van der Waals surface area contributed by atoms with E-state index < -0.39 is 0 Å². The molecule has 1 amide bonds. The highest BCUT2D eigenvalue weighted by Crippen LogP contribution is 2.32. The second-order valence-electron chi connectivity index (χ2n) is 6.90. The van der Waals surface area contributed by atoms with Crippen molar-refractivity contribution in [2.45, 2.75) is 50.7 Å². The number of amides is 1. The van der Waals surface area contributed by atoms with Crippen molar-refractivity contribution in [2.24, 2.45) is 5.92 Å². The number of rotatable bonds is 5. The second-order valence-corrected chi connectivity index (χ2v) is 6.90. The molecule has 2 heterocycles. The lowest BCUT2D eigenvalue weighted by atomic mass is 10.1. The van der Waals surface area contributed by atoms with E-state index in [1.54, 1.807) is 15.8 Å². The zero-order chi connectivity index (χ0) is 18.5. The van der Waals surface area contributed by atoms with Gasteiger partial charge in [-0.05, 0) is 38.0 Å². The first-order valence-corrected chi connectivity index (χ1v) is 8.88. The number of nitriles is 1. The van der Waals surface area contributed by atoms with Crippen LogP contribution in [0.1, 0.15) is 32.1 Å². The molecule has 1 aromatic heterocycles. The quantitative estimate of drug-likeness (QED) is 0.825. The third kappa shape index (κ3) is 3.69. The Bertz CT molecular complexity index is 794. The molecule has 1 aromatic rings. The lowest BCUT2D eigenvalue weighted by molar-refractivity contribution is -0.130. The van der Waals surface area contributed by atoms with E-state index in [9.17, 15) is 4.79 Å². The summed E-state index contributed by atoms with van der Waals surface area (Å²) in [4.78, 5) is 24.7. The number of aromatic nitrogens is 2. The summed E-state index contributed by atoms with van der Waals surface area (Å²) in [6.45, 7) is 15.9. The maximum atomic E-state index is 12.3. The molecule has 1 saturated heterocycles. The number of carbonyl (C=O) groups is 1. The van der Waals surface area contributed by atoms with Gasteiger partial charge >= 0.3 is 0 Å². The van der Waals surface area contributed by atoms with Gasteiger partial charge in [0.1, 0.15) is 6.04 Å². The standard InChI is InChI=1S/C18H21N7O/c1-20-17-18(21-2)24(12-23-17)11-13-5-6-14(8-13)22-10-16(26)25-7-3-4-15(25)9-19/h12-15,22H,3-8,10-11H2/t13-,14+,15-/m0/s1. The van der Waals surface area contributed by atoms with Crippen molar-refractivity contribution in [2.75, 3.05) is 13.1 Å². The Hall–Kier alpha value is -2.89. The van der Waals surface area contributed by atoms with Crippen molar-refractivity contribution in [1.82, 2.24) is 19.8 Å². The summed E-state index contributed by atoms with van der Waals surface area (Å²) in [5.41, 5.74) is 0. The second kappa shape index (κ2) is 7.99. The third-order valence-electron chi connectivity index (χ3n) is 5.26. The Morgan fingerprint density at radius 1 is 1.38 bits per heavy atom. The minimum atomic E-state index is -0.273. The van der Waals surface area contributed by atoms with Crippen molar-refractivity contribution in [3.8, 4) is 6.07 Å². The van der Waals surface area contributed by atoms with Crippen LogP contribution >= 0.6 is 0 Å². The van der Waals surface area contributed by atoms with E-state index in [0.29, 0.717) is 24.8 Å². The molecular formula is C18H21N7O. The summed E-state index contributed by atoms with van der Waals surface area (Å²) in [5, 5.41) is 12.4. The first kappa shape index (κ1) is 17.9. The molecule has 26 heavy (non-hydrogen) atoms. The van der Waals surface area contributed by atoms with Crippen LogP contribution in [-0.2, 0) is 11.3 Å². The molecule has 0 radical (unpaired) electrons. The van der Waals surface area contributed by atoms with Gasteiger partial charge < -0.3 is 19.9 Å². The van der Waals surface area contributed by atoms with Crippen molar-refractivity contribution in [1.29, 1.82) is 5.26 Å². The van der Waals surface area contributed by atoms with Crippen LogP contribution < -0.4 is 5.32 Å². The number of imidazole rings is 1. The predicted molar refractivity (Wildman–Crippen MR) is 94.2 cm³/mol. The molecule has 134 valence electrons. The lowest BCUT2D eigenvalue weighted by Crippen LogP contribution is -2.42. The van der Waals surface area contributed by atoms with E-state index in [-0.39, 0.29) is 30.4 Å². The highest BCUT2D eigenvalue weighted by molar-refractivity contribution is 5.79. The van der Waals surface area contributed by atoms with Crippen molar-refractivity contribution >= 4 is 17.5 Å². The first-order chi connectivity index (χ1) is 12.7. The smallest absolute Gasteiger partial charge is 0.293 e. The van der Waals surface area contributed by atoms with Crippen LogP contribution in [0.25, 0.3) is 9.69 Å². The summed E-state index contributed by atoms with van der Waals surface area (Å²) < 4.78 is 1.76.